The average Bonchev–Trinajstić information content (AvgIpc) is 3.27. The minimum absolute atomic E-state index is 0.0613. The van der Waals surface area contributed by atoms with Crippen LogP contribution in [0, 0.1) is 0 Å². The van der Waals surface area contributed by atoms with E-state index in [2.05, 4.69) is 10.6 Å². The molecule has 1 aliphatic heterocycles. The van der Waals surface area contributed by atoms with E-state index < -0.39 is 15.7 Å². The van der Waals surface area contributed by atoms with Crippen LogP contribution in [-0.4, -0.2) is 50.1 Å². The van der Waals surface area contributed by atoms with Crippen LogP contribution in [-0.2, 0) is 26.2 Å². The molecule has 0 aromatic heterocycles. The zero-order valence-corrected chi connectivity index (χ0v) is 22.4. The van der Waals surface area contributed by atoms with Gasteiger partial charge in [-0.05, 0) is 76.1 Å². The zero-order valence-electron chi connectivity index (χ0n) is 20.8. The first-order valence-electron chi connectivity index (χ1n) is 11.6. The van der Waals surface area contributed by atoms with Gasteiger partial charge in [0.25, 0.3) is 0 Å². The minimum atomic E-state index is -4.20. The zero-order chi connectivity index (χ0) is 26.5. The molecular formula is C25H32ClN3O6S. The van der Waals surface area contributed by atoms with E-state index in [1.807, 2.05) is 20.8 Å². The molecule has 1 atom stereocenters. The second-order valence-corrected chi connectivity index (χ2v) is 11.7. The summed E-state index contributed by atoms with van der Waals surface area (Å²) in [5.74, 6) is -0.207. The summed E-state index contributed by atoms with van der Waals surface area (Å²) in [6.45, 7) is 8.05. The second kappa shape index (κ2) is 11.5. The molecule has 0 radical (unpaired) electrons. The molecule has 1 heterocycles. The van der Waals surface area contributed by atoms with E-state index in [0.717, 1.165) is 12.8 Å². The van der Waals surface area contributed by atoms with Gasteiger partial charge in [0.1, 0.15) is 10.6 Å². The van der Waals surface area contributed by atoms with Crippen molar-refractivity contribution >= 4 is 39.3 Å². The van der Waals surface area contributed by atoms with Gasteiger partial charge in [0.05, 0.1) is 12.6 Å². The summed E-state index contributed by atoms with van der Waals surface area (Å²) in [6.07, 6.45) is 1.65. The number of rotatable bonds is 8. The summed E-state index contributed by atoms with van der Waals surface area (Å²) < 4.78 is 37.2. The Hall–Kier alpha value is -2.82. The Morgan fingerprint density at radius 2 is 1.86 bits per heavy atom. The Balaban J connectivity index is 1.86. The molecule has 1 aliphatic rings. The van der Waals surface area contributed by atoms with Crippen molar-refractivity contribution in [2.45, 2.75) is 63.6 Å². The molecule has 0 aliphatic carbocycles. The van der Waals surface area contributed by atoms with Gasteiger partial charge in [-0.1, -0.05) is 11.6 Å². The molecule has 3 rings (SSSR count). The number of nitrogens with one attached hydrogen (secondary N) is 2. The summed E-state index contributed by atoms with van der Waals surface area (Å²) in [4.78, 5) is 25.8. The number of nitrogens with zero attached hydrogens (tertiary/aromatic N) is 1. The number of halogens is 1. The highest BCUT2D eigenvalue weighted by molar-refractivity contribution is 7.87. The first kappa shape index (κ1) is 27.8. The largest absolute Gasteiger partial charge is 0.379 e. The number of hydrogen-bond donors (Lipinski definition) is 2. The van der Waals surface area contributed by atoms with E-state index in [1.54, 1.807) is 11.0 Å². The lowest BCUT2D eigenvalue weighted by molar-refractivity contribution is -0.114. The highest BCUT2D eigenvalue weighted by Gasteiger charge is 2.27. The Morgan fingerprint density at radius 3 is 2.44 bits per heavy atom. The lowest BCUT2D eigenvalue weighted by atomic mass is 10.1. The van der Waals surface area contributed by atoms with Gasteiger partial charge in [0.2, 0.25) is 5.91 Å². The molecule has 0 spiro atoms. The molecular weight excluding hydrogens is 506 g/mol. The SMILES string of the molecule is CC(=O)Nc1ccc(S(=O)(=O)Oc2ccc(Cl)cc2CN(CC2CCCO2)C(=O)NC(C)(C)C)cc1. The van der Waals surface area contributed by atoms with Gasteiger partial charge in [-0.15, -0.1) is 0 Å². The van der Waals surface area contributed by atoms with Gasteiger partial charge in [0.15, 0.2) is 0 Å². The summed E-state index contributed by atoms with van der Waals surface area (Å²) in [5.41, 5.74) is 0.429. The fourth-order valence-corrected chi connectivity index (χ4v) is 4.85. The first-order chi connectivity index (χ1) is 16.8. The van der Waals surface area contributed by atoms with E-state index in [-0.39, 0.29) is 35.2 Å². The monoisotopic (exact) mass is 537 g/mol. The van der Waals surface area contributed by atoms with Crippen molar-refractivity contribution in [1.82, 2.24) is 10.2 Å². The van der Waals surface area contributed by atoms with Crippen molar-refractivity contribution in [3.05, 3.63) is 53.1 Å². The van der Waals surface area contributed by atoms with E-state index in [4.69, 9.17) is 20.5 Å². The predicted molar refractivity (Wildman–Crippen MR) is 138 cm³/mol. The van der Waals surface area contributed by atoms with Crippen molar-refractivity contribution in [3.63, 3.8) is 0 Å². The first-order valence-corrected chi connectivity index (χ1v) is 13.4. The second-order valence-electron chi connectivity index (χ2n) is 9.69. The molecule has 1 unspecified atom stereocenters. The molecule has 11 heteroatoms. The van der Waals surface area contributed by atoms with Gasteiger partial charge in [-0.3, -0.25) is 4.79 Å². The molecule has 0 saturated carbocycles. The lowest BCUT2D eigenvalue weighted by Gasteiger charge is -2.30. The predicted octanol–water partition coefficient (Wildman–Crippen LogP) is 4.56. The Bertz CT molecular complexity index is 1190. The highest BCUT2D eigenvalue weighted by atomic mass is 35.5. The third-order valence-electron chi connectivity index (χ3n) is 5.26. The van der Waals surface area contributed by atoms with Crippen LogP contribution in [0.5, 0.6) is 5.75 Å². The number of amides is 3. The molecule has 3 amide bonds. The van der Waals surface area contributed by atoms with Crippen LogP contribution in [0.4, 0.5) is 10.5 Å². The van der Waals surface area contributed by atoms with E-state index in [1.165, 1.54) is 43.3 Å². The van der Waals surface area contributed by atoms with E-state index >= 15 is 0 Å². The van der Waals surface area contributed by atoms with Gasteiger partial charge in [0, 0.05) is 41.9 Å². The summed E-state index contributed by atoms with van der Waals surface area (Å²) >= 11 is 6.22. The van der Waals surface area contributed by atoms with Crippen LogP contribution in [0.2, 0.25) is 5.02 Å². The Morgan fingerprint density at radius 1 is 1.17 bits per heavy atom. The van der Waals surface area contributed by atoms with Crippen molar-refractivity contribution in [2.75, 3.05) is 18.5 Å². The number of urea groups is 1. The standard InChI is InChI=1S/C25H32ClN3O6S/c1-17(30)27-20-8-10-22(11-9-20)36(32,33)35-23-12-7-19(26)14-18(23)15-29(16-21-6-5-13-34-21)24(31)28-25(2,3)4/h7-12,14,21H,5-6,13,15-16H2,1-4H3,(H,27,30)(H,28,31). The van der Waals surface area contributed by atoms with Crippen molar-refractivity contribution in [3.8, 4) is 5.75 Å². The smallest absolute Gasteiger partial charge is 0.339 e. The maximum atomic E-state index is 13.1. The third-order valence-corrected chi connectivity index (χ3v) is 6.75. The normalized spacial score (nSPS) is 15.9. The summed E-state index contributed by atoms with van der Waals surface area (Å²) in [7, 11) is -4.20. The van der Waals surface area contributed by atoms with Crippen molar-refractivity contribution in [1.29, 1.82) is 0 Å². The van der Waals surface area contributed by atoms with Crippen LogP contribution in [0.3, 0.4) is 0 Å². The minimum Gasteiger partial charge on any atom is -0.379 e. The molecule has 0 bridgehead atoms. The third kappa shape index (κ3) is 8.11. The van der Waals surface area contributed by atoms with Gasteiger partial charge in [-0.2, -0.15) is 8.42 Å². The van der Waals surface area contributed by atoms with Gasteiger partial charge < -0.3 is 24.5 Å². The van der Waals surface area contributed by atoms with Crippen molar-refractivity contribution in [2.24, 2.45) is 0 Å². The molecule has 36 heavy (non-hydrogen) atoms. The van der Waals surface area contributed by atoms with Crippen LogP contribution < -0.4 is 14.8 Å². The number of anilines is 1. The number of benzene rings is 2. The average molecular weight is 538 g/mol. The Labute approximate surface area is 217 Å². The maximum Gasteiger partial charge on any atom is 0.339 e. The Kier molecular flexibility index (Phi) is 8.86. The molecule has 2 N–H and O–H groups in total. The van der Waals surface area contributed by atoms with Crippen LogP contribution in [0.1, 0.15) is 46.1 Å². The van der Waals surface area contributed by atoms with E-state index in [9.17, 15) is 18.0 Å². The molecule has 9 nitrogen and oxygen atoms in total. The summed E-state index contributed by atoms with van der Waals surface area (Å²) in [5, 5.41) is 5.91. The van der Waals surface area contributed by atoms with Gasteiger partial charge in [-0.25, -0.2) is 4.79 Å². The maximum absolute atomic E-state index is 13.1. The fourth-order valence-electron chi connectivity index (χ4n) is 3.69. The van der Waals surface area contributed by atoms with Crippen LogP contribution in [0.15, 0.2) is 47.4 Å². The number of carbonyl (C=O) groups is 2. The number of hydrogen-bond acceptors (Lipinski definition) is 6. The fraction of sp³-hybridized carbons (Fsp3) is 0.440. The quantitative estimate of drug-likeness (QED) is 0.477. The van der Waals surface area contributed by atoms with Crippen molar-refractivity contribution < 1.29 is 26.9 Å². The number of carbonyl (C=O) groups excluding carboxylic acids is 2. The van der Waals surface area contributed by atoms with Gasteiger partial charge >= 0.3 is 16.1 Å². The number of ether oxygens (including phenoxy) is 1. The topological polar surface area (TPSA) is 114 Å². The lowest BCUT2D eigenvalue weighted by Crippen LogP contribution is -2.50. The van der Waals surface area contributed by atoms with E-state index in [0.29, 0.717) is 29.4 Å². The molecule has 2 aromatic carbocycles. The molecule has 2 aromatic rings. The van der Waals surface area contributed by atoms with Crippen LogP contribution in [0.25, 0.3) is 0 Å². The molecule has 196 valence electrons. The molecule has 1 saturated heterocycles. The summed E-state index contributed by atoms with van der Waals surface area (Å²) in [6, 6.07) is 9.90. The van der Waals surface area contributed by atoms with Crippen LogP contribution >= 0.6 is 11.6 Å². The highest BCUT2D eigenvalue weighted by Crippen LogP contribution is 2.29. The molecule has 1 fully saturated rings.